The second-order valence-corrected chi connectivity index (χ2v) is 8.36. The first-order valence-corrected chi connectivity index (χ1v) is 11.3. The van der Waals surface area contributed by atoms with Crippen LogP contribution in [0.25, 0.3) is 11.3 Å². The highest BCUT2D eigenvalue weighted by molar-refractivity contribution is 5.76. The number of aryl methyl sites for hydroxylation is 1. The molecule has 0 unspecified atom stereocenters. The summed E-state index contributed by atoms with van der Waals surface area (Å²) in [5.74, 6) is 1.79. The minimum absolute atomic E-state index is 0.0340. The lowest BCUT2D eigenvalue weighted by molar-refractivity contribution is 0.170. The lowest BCUT2D eigenvalue weighted by atomic mass is 10.1. The van der Waals surface area contributed by atoms with Gasteiger partial charge in [0, 0.05) is 24.7 Å². The average Bonchev–Trinajstić information content (AvgIpc) is 3.12. The van der Waals surface area contributed by atoms with Crippen LogP contribution in [0.15, 0.2) is 54.6 Å². The molecule has 2 aromatic carbocycles. The van der Waals surface area contributed by atoms with E-state index in [2.05, 4.69) is 19.2 Å². The highest BCUT2D eigenvalue weighted by Gasteiger charge is 2.27. The summed E-state index contributed by atoms with van der Waals surface area (Å²) in [7, 11) is 3.46. The van der Waals surface area contributed by atoms with Gasteiger partial charge in [0.1, 0.15) is 5.69 Å². The highest BCUT2D eigenvalue weighted by Crippen LogP contribution is 2.37. The molecule has 0 aliphatic heterocycles. The van der Waals surface area contributed by atoms with Crippen molar-refractivity contribution in [3.8, 4) is 28.6 Å². The van der Waals surface area contributed by atoms with E-state index >= 15 is 0 Å². The summed E-state index contributed by atoms with van der Waals surface area (Å²) >= 11 is 0. The van der Waals surface area contributed by atoms with E-state index < -0.39 is 0 Å². The van der Waals surface area contributed by atoms with E-state index in [-0.39, 0.29) is 18.1 Å². The first-order valence-electron chi connectivity index (χ1n) is 11.3. The molecule has 0 aliphatic carbocycles. The number of amides is 2. The zero-order chi connectivity index (χ0) is 24.0. The minimum atomic E-state index is -0.106. The van der Waals surface area contributed by atoms with Gasteiger partial charge < -0.3 is 19.7 Å². The van der Waals surface area contributed by atoms with Gasteiger partial charge in [0.25, 0.3) is 0 Å². The van der Waals surface area contributed by atoms with Crippen molar-refractivity contribution in [1.82, 2.24) is 20.0 Å². The van der Waals surface area contributed by atoms with E-state index in [1.165, 1.54) is 0 Å². The first kappa shape index (κ1) is 24.2. The molecule has 0 saturated carbocycles. The number of hydrogen-bond donors (Lipinski definition) is 1. The molecular formula is C26H34N4O3. The maximum absolute atomic E-state index is 13.1. The number of para-hydroxylation sites is 2. The van der Waals surface area contributed by atoms with Gasteiger partial charge >= 0.3 is 6.03 Å². The maximum atomic E-state index is 13.1. The smallest absolute Gasteiger partial charge is 0.318 e. The molecule has 1 N–H and O–H groups in total. The number of urea groups is 1. The highest BCUT2D eigenvalue weighted by atomic mass is 16.5. The number of methoxy groups -OCH3 is 1. The van der Waals surface area contributed by atoms with Crippen LogP contribution >= 0.6 is 0 Å². The van der Waals surface area contributed by atoms with Crippen LogP contribution in [0, 0.1) is 0 Å². The zero-order valence-corrected chi connectivity index (χ0v) is 20.3. The summed E-state index contributed by atoms with van der Waals surface area (Å²) in [6.07, 6.45) is 0.829. The Hall–Kier alpha value is -3.48. The standard InChI is InChI=1S/C26H34N4O3/c1-7-19(4)30(26(31)27-18(2)3)17-21-24(20-13-9-8-10-14-20)28-29(5)25(21)33-23-16-12-11-15-22(23)32-6/h8-16,18-19H,7,17H2,1-6H3,(H,27,31)/t19-/m0/s1. The predicted octanol–water partition coefficient (Wildman–Crippen LogP) is 5.61. The third-order valence-corrected chi connectivity index (χ3v) is 5.54. The Labute approximate surface area is 196 Å². The second kappa shape index (κ2) is 10.9. The summed E-state index contributed by atoms with van der Waals surface area (Å²) in [5.41, 5.74) is 2.59. The number of aromatic nitrogens is 2. The molecule has 0 radical (unpaired) electrons. The van der Waals surface area contributed by atoms with Crippen LogP contribution in [0.5, 0.6) is 17.4 Å². The van der Waals surface area contributed by atoms with Gasteiger partial charge in [-0.2, -0.15) is 5.10 Å². The van der Waals surface area contributed by atoms with E-state index in [0.29, 0.717) is 23.9 Å². The van der Waals surface area contributed by atoms with Crippen molar-refractivity contribution in [2.24, 2.45) is 7.05 Å². The van der Waals surface area contributed by atoms with E-state index in [0.717, 1.165) is 23.2 Å². The molecule has 0 saturated heterocycles. The fourth-order valence-corrected chi connectivity index (χ4v) is 3.61. The van der Waals surface area contributed by atoms with Crippen LogP contribution in [0.4, 0.5) is 4.79 Å². The van der Waals surface area contributed by atoms with Crippen LogP contribution in [0.3, 0.4) is 0 Å². The lowest BCUT2D eigenvalue weighted by Gasteiger charge is -2.30. The number of nitrogens with one attached hydrogen (secondary N) is 1. The van der Waals surface area contributed by atoms with Crippen LogP contribution in [-0.2, 0) is 13.6 Å². The summed E-state index contributed by atoms with van der Waals surface area (Å²) in [6.45, 7) is 8.41. The van der Waals surface area contributed by atoms with Crippen molar-refractivity contribution < 1.29 is 14.3 Å². The fraction of sp³-hybridized carbons (Fsp3) is 0.385. The first-order chi connectivity index (χ1) is 15.8. The normalized spacial score (nSPS) is 11.8. The summed E-state index contributed by atoms with van der Waals surface area (Å²) in [6, 6.07) is 17.4. The Balaban J connectivity index is 2.10. The monoisotopic (exact) mass is 450 g/mol. The lowest BCUT2D eigenvalue weighted by Crippen LogP contribution is -2.46. The Bertz CT molecular complexity index is 1060. The molecule has 7 nitrogen and oxygen atoms in total. The number of rotatable bonds is 9. The van der Waals surface area contributed by atoms with Gasteiger partial charge in [-0.1, -0.05) is 49.4 Å². The van der Waals surface area contributed by atoms with Gasteiger partial charge in [-0.25, -0.2) is 9.48 Å². The van der Waals surface area contributed by atoms with Gasteiger partial charge in [0.05, 0.1) is 19.2 Å². The molecule has 0 fully saturated rings. The van der Waals surface area contributed by atoms with E-state index in [9.17, 15) is 4.79 Å². The van der Waals surface area contributed by atoms with Gasteiger partial charge in [0.15, 0.2) is 11.5 Å². The molecule has 7 heteroatoms. The Kier molecular flexibility index (Phi) is 7.98. The van der Waals surface area contributed by atoms with E-state index in [1.54, 1.807) is 11.8 Å². The Morgan fingerprint density at radius 3 is 2.30 bits per heavy atom. The molecule has 2 amide bonds. The van der Waals surface area contributed by atoms with Crippen molar-refractivity contribution in [3.63, 3.8) is 0 Å². The quantitative estimate of drug-likeness (QED) is 0.460. The molecular weight excluding hydrogens is 416 g/mol. The van der Waals surface area contributed by atoms with Gasteiger partial charge in [0.2, 0.25) is 5.88 Å². The van der Waals surface area contributed by atoms with Gasteiger partial charge in [-0.3, -0.25) is 0 Å². The van der Waals surface area contributed by atoms with Crippen molar-refractivity contribution in [2.45, 2.75) is 52.7 Å². The molecule has 1 atom stereocenters. The van der Waals surface area contributed by atoms with Crippen molar-refractivity contribution >= 4 is 6.03 Å². The van der Waals surface area contributed by atoms with Crippen LogP contribution in [-0.4, -0.2) is 39.9 Å². The fourth-order valence-electron chi connectivity index (χ4n) is 3.61. The van der Waals surface area contributed by atoms with Gasteiger partial charge in [-0.05, 0) is 39.3 Å². The summed E-state index contributed by atoms with van der Waals surface area (Å²) in [5, 5.41) is 7.81. The molecule has 176 valence electrons. The molecule has 0 bridgehead atoms. The zero-order valence-electron chi connectivity index (χ0n) is 20.3. The number of carbonyl (C=O) groups is 1. The van der Waals surface area contributed by atoms with Crippen molar-refractivity contribution in [1.29, 1.82) is 0 Å². The predicted molar refractivity (Wildman–Crippen MR) is 131 cm³/mol. The molecule has 0 aliphatic rings. The van der Waals surface area contributed by atoms with E-state index in [4.69, 9.17) is 14.6 Å². The Morgan fingerprint density at radius 2 is 1.70 bits per heavy atom. The number of ether oxygens (including phenoxy) is 2. The van der Waals surface area contributed by atoms with Crippen LogP contribution < -0.4 is 14.8 Å². The molecule has 1 aromatic heterocycles. The summed E-state index contributed by atoms with van der Waals surface area (Å²) in [4.78, 5) is 15.0. The van der Waals surface area contributed by atoms with Crippen molar-refractivity contribution in [2.75, 3.05) is 7.11 Å². The number of nitrogens with zero attached hydrogens (tertiary/aromatic N) is 3. The largest absolute Gasteiger partial charge is 0.493 e. The molecule has 1 heterocycles. The maximum Gasteiger partial charge on any atom is 0.318 e. The summed E-state index contributed by atoms with van der Waals surface area (Å²) < 4.78 is 13.6. The molecule has 3 aromatic rings. The molecule has 33 heavy (non-hydrogen) atoms. The SMILES string of the molecule is CC[C@H](C)N(Cc1c(-c2ccccc2)nn(C)c1Oc1ccccc1OC)C(=O)NC(C)C. The molecule has 3 rings (SSSR count). The third-order valence-electron chi connectivity index (χ3n) is 5.54. The topological polar surface area (TPSA) is 68.6 Å². The van der Waals surface area contributed by atoms with E-state index in [1.807, 2.05) is 80.4 Å². The number of benzene rings is 2. The van der Waals surface area contributed by atoms with Crippen molar-refractivity contribution in [3.05, 3.63) is 60.2 Å². The second-order valence-electron chi connectivity index (χ2n) is 8.36. The molecule has 0 spiro atoms. The van der Waals surface area contributed by atoms with Crippen LogP contribution in [0.2, 0.25) is 0 Å². The average molecular weight is 451 g/mol. The number of hydrogen-bond acceptors (Lipinski definition) is 4. The van der Waals surface area contributed by atoms with Gasteiger partial charge in [-0.15, -0.1) is 0 Å². The number of carbonyl (C=O) groups excluding carboxylic acids is 1. The minimum Gasteiger partial charge on any atom is -0.493 e. The van der Waals surface area contributed by atoms with Crippen LogP contribution in [0.1, 0.15) is 39.7 Å². The Morgan fingerprint density at radius 1 is 1.06 bits per heavy atom. The third kappa shape index (κ3) is 5.66.